The van der Waals surface area contributed by atoms with Crippen LogP contribution in [0.3, 0.4) is 0 Å². The fourth-order valence-electron chi connectivity index (χ4n) is 2.22. The molecule has 2 aromatic rings. The molecule has 0 bridgehead atoms. The van der Waals surface area contributed by atoms with Gasteiger partial charge >= 0.3 is 0 Å². The molecular weight excluding hydrogens is 266 g/mol. The van der Waals surface area contributed by atoms with Crippen LogP contribution >= 0.6 is 0 Å². The first-order valence-corrected chi connectivity index (χ1v) is 6.79. The minimum Gasteiger partial charge on any atom is -0.479 e. The molecule has 6 nitrogen and oxygen atoms in total. The molecule has 0 aliphatic heterocycles. The number of aryl methyl sites for hydroxylation is 1. The fourth-order valence-corrected chi connectivity index (χ4v) is 2.22. The Bertz CT molecular complexity index is 615. The van der Waals surface area contributed by atoms with Crippen LogP contribution in [-0.4, -0.2) is 36.2 Å². The normalized spacial score (nSPS) is 11.9. The van der Waals surface area contributed by atoms with Gasteiger partial charge in [-0.2, -0.15) is 0 Å². The second-order valence-electron chi connectivity index (χ2n) is 5.00. The molecule has 112 valence electrons. The van der Waals surface area contributed by atoms with Crippen LogP contribution in [0.4, 0.5) is 11.4 Å². The molecule has 0 aromatic carbocycles. The summed E-state index contributed by atoms with van der Waals surface area (Å²) in [6.45, 7) is 4.00. The number of ether oxygens (including phenoxy) is 1. The number of pyridine rings is 1. The zero-order valence-corrected chi connectivity index (χ0v) is 13.1. The van der Waals surface area contributed by atoms with Crippen molar-refractivity contribution in [3.63, 3.8) is 0 Å². The first kappa shape index (κ1) is 15.0. The predicted octanol–water partition coefficient (Wildman–Crippen LogP) is 2.43. The Morgan fingerprint density at radius 1 is 1.14 bits per heavy atom. The molecule has 6 heteroatoms. The second kappa shape index (κ2) is 6.39. The average molecular weight is 287 g/mol. The fraction of sp³-hybridized carbons (Fsp3) is 0.400. The number of nitrogens with one attached hydrogen (secondary N) is 1. The Morgan fingerprint density at radius 2 is 1.86 bits per heavy atom. The minimum atomic E-state index is -0.00417. The van der Waals surface area contributed by atoms with E-state index in [1.54, 1.807) is 25.7 Å². The van der Waals surface area contributed by atoms with Gasteiger partial charge in [-0.15, -0.1) is 0 Å². The number of rotatable bonds is 5. The van der Waals surface area contributed by atoms with E-state index in [1.807, 2.05) is 38.9 Å². The molecule has 0 radical (unpaired) electrons. The lowest BCUT2D eigenvalue weighted by atomic mass is 10.1. The van der Waals surface area contributed by atoms with E-state index < -0.39 is 0 Å². The summed E-state index contributed by atoms with van der Waals surface area (Å²) in [5.41, 5.74) is 3.68. The van der Waals surface area contributed by atoms with Gasteiger partial charge in [-0.25, -0.2) is 4.98 Å². The lowest BCUT2D eigenvalue weighted by molar-refractivity contribution is 0.399. The van der Waals surface area contributed by atoms with Gasteiger partial charge in [-0.05, 0) is 19.9 Å². The molecule has 2 aromatic heterocycles. The van der Waals surface area contributed by atoms with Gasteiger partial charge in [0.2, 0.25) is 5.88 Å². The summed E-state index contributed by atoms with van der Waals surface area (Å²) in [6, 6.07) is 1.94. The van der Waals surface area contributed by atoms with Gasteiger partial charge in [0.1, 0.15) is 5.69 Å². The SMILES string of the molecule is COc1nccc(N(C)C)c1NC(C)c1nccnc1C. The van der Waals surface area contributed by atoms with Crippen molar-refractivity contribution in [3.8, 4) is 5.88 Å². The van der Waals surface area contributed by atoms with Crippen molar-refractivity contribution >= 4 is 11.4 Å². The molecule has 21 heavy (non-hydrogen) atoms. The molecule has 1 N–H and O–H groups in total. The maximum absolute atomic E-state index is 5.37. The van der Waals surface area contributed by atoms with Crippen molar-refractivity contribution in [2.24, 2.45) is 0 Å². The van der Waals surface area contributed by atoms with Gasteiger partial charge in [0, 0.05) is 32.7 Å². The first-order valence-electron chi connectivity index (χ1n) is 6.79. The molecule has 0 spiro atoms. The number of nitrogens with zero attached hydrogens (tertiary/aromatic N) is 4. The Hall–Kier alpha value is -2.37. The molecule has 1 unspecified atom stereocenters. The number of anilines is 2. The smallest absolute Gasteiger partial charge is 0.239 e. The number of aromatic nitrogens is 3. The van der Waals surface area contributed by atoms with Crippen LogP contribution in [0.2, 0.25) is 0 Å². The monoisotopic (exact) mass is 287 g/mol. The van der Waals surface area contributed by atoms with Crippen molar-refractivity contribution in [2.75, 3.05) is 31.4 Å². The van der Waals surface area contributed by atoms with Crippen molar-refractivity contribution < 1.29 is 4.74 Å². The maximum atomic E-state index is 5.37. The molecule has 0 saturated carbocycles. The topological polar surface area (TPSA) is 63.2 Å². The van der Waals surface area contributed by atoms with E-state index in [0.29, 0.717) is 5.88 Å². The summed E-state index contributed by atoms with van der Waals surface area (Å²) in [4.78, 5) is 15.0. The number of methoxy groups -OCH3 is 1. The molecule has 2 rings (SSSR count). The van der Waals surface area contributed by atoms with E-state index in [0.717, 1.165) is 22.8 Å². The van der Waals surface area contributed by atoms with Gasteiger partial charge in [-0.1, -0.05) is 0 Å². The maximum Gasteiger partial charge on any atom is 0.239 e. The lowest BCUT2D eigenvalue weighted by Crippen LogP contribution is -2.17. The molecule has 0 saturated heterocycles. The van der Waals surface area contributed by atoms with Gasteiger partial charge in [-0.3, -0.25) is 9.97 Å². The second-order valence-corrected chi connectivity index (χ2v) is 5.00. The Labute approximate surface area is 125 Å². The molecule has 0 fully saturated rings. The molecule has 1 atom stereocenters. The Kier molecular flexibility index (Phi) is 4.57. The highest BCUT2D eigenvalue weighted by molar-refractivity contribution is 5.74. The third-order valence-electron chi connectivity index (χ3n) is 3.26. The number of hydrogen-bond acceptors (Lipinski definition) is 6. The van der Waals surface area contributed by atoms with Gasteiger partial charge < -0.3 is 15.0 Å². The summed E-state index contributed by atoms with van der Waals surface area (Å²) < 4.78 is 5.37. The standard InChI is InChI=1S/C15H21N5O/c1-10-13(17-9-8-16-10)11(2)19-14-12(20(3)4)6-7-18-15(14)21-5/h6-9,11,19H,1-5H3. The van der Waals surface area contributed by atoms with Gasteiger partial charge in [0.15, 0.2) is 0 Å². The molecule has 0 amide bonds. The van der Waals surface area contributed by atoms with Crippen LogP contribution in [0.15, 0.2) is 24.7 Å². The van der Waals surface area contributed by atoms with E-state index in [1.165, 1.54) is 0 Å². The van der Waals surface area contributed by atoms with Crippen LogP contribution in [-0.2, 0) is 0 Å². The van der Waals surface area contributed by atoms with Crippen molar-refractivity contribution in [3.05, 3.63) is 36.0 Å². The van der Waals surface area contributed by atoms with E-state index in [9.17, 15) is 0 Å². The third-order valence-corrected chi connectivity index (χ3v) is 3.26. The summed E-state index contributed by atoms with van der Waals surface area (Å²) >= 11 is 0. The zero-order valence-electron chi connectivity index (χ0n) is 13.1. The van der Waals surface area contributed by atoms with Crippen LogP contribution in [0, 0.1) is 6.92 Å². The molecule has 0 aliphatic rings. The third kappa shape index (κ3) is 3.21. The zero-order chi connectivity index (χ0) is 15.4. The van der Waals surface area contributed by atoms with Crippen molar-refractivity contribution in [1.82, 2.24) is 15.0 Å². The summed E-state index contributed by atoms with van der Waals surface area (Å²) in [7, 11) is 5.58. The lowest BCUT2D eigenvalue weighted by Gasteiger charge is -2.23. The quantitative estimate of drug-likeness (QED) is 0.911. The van der Waals surface area contributed by atoms with Crippen molar-refractivity contribution in [1.29, 1.82) is 0 Å². The predicted molar refractivity (Wildman–Crippen MR) is 83.9 cm³/mol. The first-order chi connectivity index (χ1) is 10.0. The van der Waals surface area contributed by atoms with Crippen LogP contribution in [0.25, 0.3) is 0 Å². The molecule has 0 aliphatic carbocycles. The Morgan fingerprint density at radius 3 is 2.48 bits per heavy atom. The highest BCUT2D eigenvalue weighted by Crippen LogP contribution is 2.34. The minimum absolute atomic E-state index is 0.00417. The highest BCUT2D eigenvalue weighted by atomic mass is 16.5. The van der Waals surface area contributed by atoms with E-state index >= 15 is 0 Å². The molecule has 2 heterocycles. The largest absolute Gasteiger partial charge is 0.479 e. The summed E-state index contributed by atoms with van der Waals surface area (Å²) in [5.74, 6) is 0.564. The van der Waals surface area contributed by atoms with Crippen LogP contribution in [0.1, 0.15) is 24.4 Å². The van der Waals surface area contributed by atoms with E-state index in [2.05, 4.69) is 20.3 Å². The summed E-state index contributed by atoms with van der Waals surface area (Å²) in [5, 5.41) is 3.44. The average Bonchev–Trinajstić information content (AvgIpc) is 2.47. The van der Waals surface area contributed by atoms with Crippen molar-refractivity contribution in [2.45, 2.75) is 19.9 Å². The Balaban J connectivity index is 2.37. The highest BCUT2D eigenvalue weighted by Gasteiger charge is 2.17. The van der Waals surface area contributed by atoms with Gasteiger partial charge in [0.05, 0.1) is 30.2 Å². The van der Waals surface area contributed by atoms with E-state index in [-0.39, 0.29) is 6.04 Å². The van der Waals surface area contributed by atoms with Crippen LogP contribution < -0.4 is 15.0 Å². The molecular formula is C15H21N5O. The summed E-state index contributed by atoms with van der Waals surface area (Å²) in [6.07, 6.45) is 5.13. The van der Waals surface area contributed by atoms with E-state index in [4.69, 9.17) is 4.74 Å². The van der Waals surface area contributed by atoms with Gasteiger partial charge in [0.25, 0.3) is 0 Å². The van der Waals surface area contributed by atoms with Crippen LogP contribution in [0.5, 0.6) is 5.88 Å². The number of hydrogen-bond donors (Lipinski definition) is 1.